The average molecular weight is 277 g/mol. The zero-order valence-electron chi connectivity index (χ0n) is 9.09. The fraction of sp³-hybridized carbons (Fsp3) is 0. The smallest absolute Gasteiger partial charge is 1.00 e. The van der Waals surface area contributed by atoms with Gasteiger partial charge in [-0.05, 0) is 0 Å². The monoisotopic (exact) mass is 277 g/mol. The predicted molar refractivity (Wildman–Crippen MR) is 33.7 cm³/mol. The van der Waals surface area contributed by atoms with E-state index in [1.807, 2.05) is 0 Å². The summed E-state index contributed by atoms with van der Waals surface area (Å²) in [4.78, 5) is 6.31. The summed E-state index contributed by atoms with van der Waals surface area (Å²) in [6, 6.07) is 0. The van der Waals surface area contributed by atoms with Gasteiger partial charge in [-0.2, -0.15) is 0 Å². The van der Waals surface area contributed by atoms with Crippen LogP contribution >= 0.6 is 0 Å². The number of hydrogen-bond acceptors (Lipinski definition) is 6. The Hall–Kier alpha value is 0.472. The Morgan fingerprint density at radius 3 is 0.562 bits per heavy atom. The van der Waals surface area contributed by atoms with Crippen molar-refractivity contribution in [2.24, 2.45) is 0 Å². The molecule has 0 aliphatic heterocycles. The summed E-state index contributed by atoms with van der Waals surface area (Å²) < 4.78 is 0. The van der Waals surface area contributed by atoms with Crippen molar-refractivity contribution in [2.75, 3.05) is 0 Å². The van der Waals surface area contributed by atoms with E-state index in [0.29, 0.717) is 0 Å². The van der Waals surface area contributed by atoms with Crippen LogP contribution < -0.4 is 88.7 Å². The van der Waals surface area contributed by atoms with Crippen LogP contribution in [0.2, 0.25) is 0 Å². The van der Waals surface area contributed by atoms with Crippen LogP contribution in [0, 0.1) is 61.2 Å². The van der Waals surface area contributed by atoms with Crippen molar-refractivity contribution >= 4 is 0 Å². The summed E-state index contributed by atoms with van der Waals surface area (Å²) in [5.41, 5.74) is 0. The van der Waals surface area contributed by atoms with Crippen LogP contribution in [-0.2, 0) is 10.9 Å². The van der Waals surface area contributed by atoms with Gasteiger partial charge >= 0.3 is 161 Å². The summed E-state index contributed by atoms with van der Waals surface area (Å²) >= 11 is 0. The molecular weight excluding hydrogens is 277 g/mol. The number of nitriles is 6. The summed E-state index contributed by atoms with van der Waals surface area (Å²) in [6.07, 6.45) is 0. The second-order valence-electron chi connectivity index (χ2n) is 2.08. The Kier molecular flexibility index (Phi) is 11.1. The molecule has 0 rings (SSSR count). The van der Waals surface area contributed by atoms with Gasteiger partial charge in [-0.25, -0.2) is 0 Å². The largest absolute Gasteiger partial charge is 1.00 e. The molecule has 0 saturated carbocycles. The van der Waals surface area contributed by atoms with E-state index in [1.54, 1.807) is 0 Å². The Bertz CT molecular complexity index is 398. The van der Waals surface area contributed by atoms with Gasteiger partial charge in [-0.15, -0.1) is 0 Å². The van der Waals surface area contributed by atoms with E-state index in [1.165, 1.54) is 0 Å². The molecule has 0 spiro atoms. The molecule has 0 unspecified atom stereocenters. The number of rotatable bonds is 0. The van der Waals surface area contributed by atoms with Crippen molar-refractivity contribution in [3.63, 3.8) is 0 Å². The molecule has 0 N–H and O–H groups in total. The van der Waals surface area contributed by atoms with Crippen molar-refractivity contribution < 1.29 is 99.6 Å². The van der Waals surface area contributed by atoms with Crippen LogP contribution in [0.1, 0.15) is 0 Å². The Morgan fingerprint density at radius 2 is 0.562 bits per heavy atom. The van der Waals surface area contributed by atoms with E-state index >= 15 is 0 Å². The molecule has 0 aromatic carbocycles. The Labute approximate surface area is 158 Å². The topological polar surface area (TPSA) is 143 Å². The maximum Gasteiger partial charge on any atom is 1.00 e. The zero-order chi connectivity index (χ0) is 10.7. The van der Waals surface area contributed by atoms with Gasteiger partial charge in [0.1, 0.15) is 0 Å². The standard InChI is InChI=1S/6CN.Cr.3Na/c6*1-2;;;;/q;;;;;;-3;3*+1. The van der Waals surface area contributed by atoms with E-state index in [0.717, 1.165) is 29.6 Å². The summed E-state index contributed by atoms with van der Waals surface area (Å²) in [6.45, 7) is 0. The van der Waals surface area contributed by atoms with Gasteiger partial charge in [0.05, 0.1) is 0 Å². The van der Waals surface area contributed by atoms with E-state index in [-0.39, 0.29) is 88.7 Å². The number of nitrogens with zero attached hydrogens (tertiary/aromatic N) is 6. The maximum atomic E-state index is 8.59. The molecule has 0 radical (unpaired) electrons. The normalized spacial score (nSPS) is 10.9. The minimum absolute atomic E-state index is 0. The summed E-state index contributed by atoms with van der Waals surface area (Å²) in [5.74, 6) is 0. The molecule has 0 fully saturated rings. The first-order valence-corrected chi connectivity index (χ1v) is 6.39. The van der Waals surface area contributed by atoms with E-state index in [9.17, 15) is 0 Å². The molecule has 6 nitrogen and oxygen atoms in total. The van der Waals surface area contributed by atoms with Gasteiger partial charge in [0.15, 0.2) is 0 Å². The quantitative estimate of drug-likeness (QED) is 0.402. The molecular formula is C6CrN6Na3. The van der Waals surface area contributed by atoms with Crippen LogP contribution in [0.5, 0.6) is 0 Å². The first-order chi connectivity index (χ1) is 5.97. The van der Waals surface area contributed by atoms with Gasteiger partial charge in [0, 0.05) is 0 Å². The molecule has 0 bridgehead atoms. The van der Waals surface area contributed by atoms with Crippen LogP contribution in [0.4, 0.5) is 0 Å². The SMILES string of the molecule is N#[C][Cr-3]([C]#N)([C]#N)([C]#N)([C]#N)[C]#N.[Na+].[Na+].[Na+]. The van der Waals surface area contributed by atoms with E-state index < -0.39 is 10.9 Å². The van der Waals surface area contributed by atoms with E-state index in [2.05, 4.69) is 0 Å². The fourth-order valence-electron chi connectivity index (χ4n) is 0.306. The van der Waals surface area contributed by atoms with Gasteiger partial charge in [0.25, 0.3) is 0 Å². The summed E-state index contributed by atoms with van der Waals surface area (Å²) in [5, 5.41) is 51.5. The first kappa shape index (κ1) is 25.3. The third-order valence-corrected chi connectivity index (χ3v) is 5.65. The second kappa shape index (κ2) is 7.03. The Morgan fingerprint density at radius 1 is 0.438 bits per heavy atom. The fourth-order valence-corrected chi connectivity index (χ4v) is 1.26. The molecule has 0 aliphatic carbocycles. The predicted octanol–water partition coefficient (Wildman–Crippen LogP) is -8.89. The minimum atomic E-state index is -6.43. The Balaban J connectivity index is -0.000000240. The van der Waals surface area contributed by atoms with Crippen molar-refractivity contribution in [3.8, 4) is 29.6 Å². The molecule has 16 heavy (non-hydrogen) atoms. The van der Waals surface area contributed by atoms with Crippen molar-refractivity contribution in [1.29, 1.82) is 31.6 Å². The van der Waals surface area contributed by atoms with Crippen molar-refractivity contribution in [3.05, 3.63) is 0 Å². The molecule has 0 aromatic heterocycles. The van der Waals surface area contributed by atoms with Gasteiger partial charge in [-0.1, -0.05) is 0 Å². The summed E-state index contributed by atoms with van der Waals surface area (Å²) in [7, 11) is -6.43. The first-order valence-electron chi connectivity index (χ1n) is 2.57. The van der Waals surface area contributed by atoms with Gasteiger partial charge in [-0.3, -0.25) is 0 Å². The zero-order valence-corrected chi connectivity index (χ0v) is 16.4. The molecule has 0 aliphatic rings. The van der Waals surface area contributed by atoms with Crippen LogP contribution in [-0.4, -0.2) is 0 Å². The second-order valence-corrected chi connectivity index (χ2v) is 8.57. The third-order valence-electron chi connectivity index (χ3n) is 1.37. The third kappa shape index (κ3) is 2.83. The molecule has 0 aromatic rings. The molecule has 10 heteroatoms. The molecule has 63 valence electrons. The minimum Gasteiger partial charge on any atom is 1.00 e. The van der Waals surface area contributed by atoms with Gasteiger partial charge in [0.2, 0.25) is 0 Å². The number of hydrogen-bond donors (Lipinski definition) is 0. The molecule has 0 atom stereocenters. The van der Waals surface area contributed by atoms with Crippen LogP contribution in [0.15, 0.2) is 0 Å². The molecule has 0 heterocycles. The van der Waals surface area contributed by atoms with Crippen molar-refractivity contribution in [2.45, 2.75) is 0 Å². The van der Waals surface area contributed by atoms with E-state index in [4.69, 9.17) is 31.6 Å². The van der Waals surface area contributed by atoms with Crippen LogP contribution in [0.3, 0.4) is 0 Å². The average Bonchev–Trinajstić information content (AvgIpc) is 2.26. The van der Waals surface area contributed by atoms with Crippen molar-refractivity contribution in [1.82, 2.24) is 0 Å². The maximum absolute atomic E-state index is 8.59. The molecule has 0 saturated heterocycles. The molecule has 0 amide bonds. The van der Waals surface area contributed by atoms with Crippen LogP contribution in [0.25, 0.3) is 0 Å². The van der Waals surface area contributed by atoms with Gasteiger partial charge < -0.3 is 0 Å².